The highest BCUT2D eigenvalue weighted by molar-refractivity contribution is 5.70. The van der Waals surface area contributed by atoms with Crippen LogP contribution in [0.1, 0.15) is 56.3 Å². The van der Waals surface area contributed by atoms with Gasteiger partial charge in [-0.15, -0.1) is 6.58 Å². The predicted molar refractivity (Wildman–Crippen MR) is 128 cm³/mol. The highest BCUT2D eigenvalue weighted by Crippen LogP contribution is 2.35. The Hall–Kier alpha value is -2.64. The molecule has 0 saturated carbocycles. The van der Waals surface area contributed by atoms with Crippen molar-refractivity contribution in [3.05, 3.63) is 96.6 Å². The molecule has 1 aliphatic heterocycles. The van der Waals surface area contributed by atoms with Crippen molar-refractivity contribution in [3.8, 4) is 22.3 Å². The number of hydrogen-bond donors (Lipinski definition) is 0. The molecule has 1 saturated heterocycles. The van der Waals surface area contributed by atoms with E-state index in [1.165, 1.54) is 52.6 Å². The Kier molecular flexibility index (Phi) is 6.81. The number of aryl methyl sites for hydroxylation is 1. The quantitative estimate of drug-likeness (QED) is 0.349. The van der Waals surface area contributed by atoms with Crippen LogP contribution in [0.15, 0.2) is 85.5 Å². The maximum atomic E-state index is 6.22. The second kappa shape index (κ2) is 9.91. The van der Waals surface area contributed by atoms with E-state index in [0.29, 0.717) is 6.10 Å². The number of ether oxygens (including phenoxy) is 1. The fraction of sp³-hybridized carbons (Fsp3) is 0.310. The van der Waals surface area contributed by atoms with Gasteiger partial charge in [-0.25, -0.2) is 0 Å². The van der Waals surface area contributed by atoms with Crippen LogP contribution in [0.3, 0.4) is 0 Å². The van der Waals surface area contributed by atoms with E-state index < -0.39 is 0 Å². The van der Waals surface area contributed by atoms with Gasteiger partial charge in [0, 0.05) is 0 Å². The summed E-state index contributed by atoms with van der Waals surface area (Å²) in [5.74, 6) is 0. The molecule has 0 N–H and O–H groups in total. The summed E-state index contributed by atoms with van der Waals surface area (Å²) in [6.07, 6.45) is 9.49. The van der Waals surface area contributed by atoms with E-state index in [0.717, 1.165) is 19.3 Å². The molecule has 1 nitrogen and oxygen atoms in total. The lowest BCUT2D eigenvalue weighted by Crippen LogP contribution is -2.05. The molecular formula is C29H32O. The molecule has 2 unspecified atom stereocenters. The third-order valence-electron chi connectivity index (χ3n) is 6.14. The molecule has 2 atom stereocenters. The van der Waals surface area contributed by atoms with Crippen LogP contribution in [0, 0.1) is 0 Å². The maximum absolute atomic E-state index is 6.22. The molecule has 1 fully saturated rings. The zero-order valence-corrected chi connectivity index (χ0v) is 18.0. The van der Waals surface area contributed by atoms with Crippen molar-refractivity contribution < 1.29 is 4.74 Å². The first-order valence-electron chi connectivity index (χ1n) is 11.3. The summed E-state index contributed by atoms with van der Waals surface area (Å²) in [5.41, 5.74) is 7.71. The second-order valence-corrected chi connectivity index (χ2v) is 8.34. The van der Waals surface area contributed by atoms with Crippen LogP contribution >= 0.6 is 0 Å². The molecule has 4 rings (SSSR count). The normalized spacial score (nSPS) is 18.4. The van der Waals surface area contributed by atoms with E-state index in [1.54, 1.807) is 0 Å². The van der Waals surface area contributed by atoms with Crippen molar-refractivity contribution in [2.24, 2.45) is 0 Å². The molecule has 3 aromatic carbocycles. The lowest BCUT2D eigenvalue weighted by Gasteiger charge is -2.14. The Morgan fingerprint density at radius 3 is 1.87 bits per heavy atom. The van der Waals surface area contributed by atoms with Gasteiger partial charge < -0.3 is 4.74 Å². The Labute approximate surface area is 181 Å². The zero-order valence-electron chi connectivity index (χ0n) is 18.0. The minimum absolute atomic E-state index is 0.271. The molecule has 0 amide bonds. The fourth-order valence-electron chi connectivity index (χ4n) is 4.36. The van der Waals surface area contributed by atoms with Gasteiger partial charge in [0.2, 0.25) is 0 Å². The summed E-state index contributed by atoms with van der Waals surface area (Å²) in [7, 11) is 0. The van der Waals surface area contributed by atoms with Gasteiger partial charge in [-0.3, -0.25) is 0 Å². The average molecular weight is 397 g/mol. The van der Waals surface area contributed by atoms with E-state index >= 15 is 0 Å². The summed E-state index contributed by atoms with van der Waals surface area (Å²) >= 11 is 0. The van der Waals surface area contributed by atoms with Gasteiger partial charge in [-0.05, 0) is 65.5 Å². The standard InChI is InChI=1S/C29H32O/c1-3-5-7-22-8-10-23(11-9-22)24-12-14-25(15-13-24)26-16-18-27(19-17-26)29-21-20-28(30-29)6-4-2/h3,8-19,28-29H,1,4-7,20-21H2,2H3. The molecule has 0 spiro atoms. The number of benzene rings is 3. The van der Waals surface area contributed by atoms with Crippen molar-refractivity contribution in [1.29, 1.82) is 0 Å². The van der Waals surface area contributed by atoms with E-state index in [9.17, 15) is 0 Å². The monoisotopic (exact) mass is 396 g/mol. The van der Waals surface area contributed by atoms with Gasteiger partial charge in [0.25, 0.3) is 0 Å². The molecule has 0 aromatic heterocycles. The van der Waals surface area contributed by atoms with E-state index in [-0.39, 0.29) is 6.10 Å². The number of allylic oxidation sites excluding steroid dienone is 1. The van der Waals surface area contributed by atoms with Gasteiger partial charge >= 0.3 is 0 Å². The predicted octanol–water partition coefficient (Wildman–Crippen LogP) is 8.16. The molecule has 30 heavy (non-hydrogen) atoms. The number of hydrogen-bond acceptors (Lipinski definition) is 1. The largest absolute Gasteiger partial charge is 0.370 e. The summed E-state index contributed by atoms with van der Waals surface area (Å²) < 4.78 is 6.22. The molecule has 1 heterocycles. The molecule has 1 aliphatic rings. The van der Waals surface area contributed by atoms with Crippen LogP contribution < -0.4 is 0 Å². The molecule has 3 aromatic rings. The zero-order chi connectivity index (χ0) is 20.8. The van der Waals surface area contributed by atoms with Gasteiger partial charge in [0.05, 0.1) is 12.2 Å². The Bertz CT molecular complexity index is 935. The first kappa shape index (κ1) is 20.6. The topological polar surface area (TPSA) is 9.23 Å². The molecule has 1 heteroatoms. The van der Waals surface area contributed by atoms with Crippen molar-refractivity contribution in [2.45, 2.75) is 57.7 Å². The molecule has 154 valence electrons. The van der Waals surface area contributed by atoms with Crippen LogP contribution in [0.4, 0.5) is 0 Å². The van der Waals surface area contributed by atoms with Crippen LogP contribution in [0.25, 0.3) is 22.3 Å². The Balaban J connectivity index is 1.42. The first-order valence-corrected chi connectivity index (χ1v) is 11.3. The van der Waals surface area contributed by atoms with Crippen LogP contribution in [-0.2, 0) is 11.2 Å². The highest BCUT2D eigenvalue weighted by atomic mass is 16.5. The fourth-order valence-corrected chi connectivity index (χ4v) is 4.36. The van der Waals surface area contributed by atoms with Crippen molar-refractivity contribution in [1.82, 2.24) is 0 Å². The van der Waals surface area contributed by atoms with Gasteiger partial charge in [0.1, 0.15) is 0 Å². The van der Waals surface area contributed by atoms with E-state index in [2.05, 4.69) is 86.3 Å². The molecule has 0 aliphatic carbocycles. The second-order valence-electron chi connectivity index (χ2n) is 8.34. The lowest BCUT2D eigenvalue weighted by atomic mass is 9.97. The van der Waals surface area contributed by atoms with Gasteiger partial charge in [-0.2, -0.15) is 0 Å². The van der Waals surface area contributed by atoms with E-state index in [1.807, 2.05) is 6.08 Å². The molecule has 0 bridgehead atoms. The van der Waals surface area contributed by atoms with Crippen molar-refractivity contribution >= 4 is 0 Å². The summed E-state index contributed by atoms with van der Waals surface area (Å²) in [5, 5.41) is 0. The molecule has 0 radical (unpaired) electrons. The summed E-state index contributed by atoms with van der Waals surface area (Å²) in [6.45, 7) is 6.03. The lowest BCUT2D eigenvalue weighted by molar-refractivity contribution is 0.0397. The summed E-state index contributed by atoms with van der Waals surface area (Å²) in [4.78, 5) is 0. The Morgan fingerprint density at radius 1 is 0.800 bits per heavy atom. The Morgan fingerprint density at radius 2 is 1.33 bits per heavy atom. The number of rotatable bonds is 8. The average Bonchev–Trinajstić information content (AvgIpc) is 3.27. The molecular weight excluding hydrogens is 364 g/mol. The third kappa shape index (κ3) is 4.91. The third-order valence-corrected chi connectivity index (χ3v) is 6.14. The summed E-state index contributed by atoms with van der Waals surface area (Å²) in [6, 6.07) is 26.7. The first-order chi connectivity index (χ1) is 14.8. The smallest absolute Gasteiger partial charge is 0.0829 e. The highest BCUT2D eigenvalue weighted by Gasteiger charge is 2.25. The van der Waals surface area contributed by atoms with Gasteiger partial charge in [0.15, 0.2) is 0 Å². The van der Waals surface area contributed by atoms with Crippen molar-refractivity contribution in [3.63, 3.8) is 0 Å². The SMILES string of the molecule is C=CCCc1ccc(-c2ccc(-c3ccc(C4CCC(CCC)O4)cc3)cc2)cc1. The van der Waals surface area contributed by atoms with Gasteiger partial charge in [-0.1, -0.05) is 92.2 Å². The van der Waals surface area contributed by atoms with Crippen LogP contribution in [-0.4, -0.2) is 6.10 Å². The van der Waals surface area contributed by atoms with E-state index in [4.69, 9.17) is 4.74 Å². The minimum Gasteiger partial charge on any atom is -0.370 e. The minimum atomic E-state index is 0.271. The van der Waals surface area contributed by atoms with Crippen molar-refractivity contribution in [2.75, 3.05) is 0 Å². The van der Waals surface area contributed by atoms with Crippen LogP contribution in [0.5, 0.6) is 0 Å². The van der Waals surface area contributed by atoms with Crippen LogP contribution in [0.2, 0.25) is 0 Å². The maximum Gasteiger partial charge on any atom is 0.0829 e.